The molecule has 0 fully saturated rings. The average Bonchev–Trinajstić information content (AvgIpc) is 2.97. The van der Waals surface area contributed by atoms with Crippen LogP contribution in [0.2, 0.25) is 0 Å². The van der Waals surface area contributed by atoms with Crippen LogP contribution in [-0.2, 0) is 20.1 Å². The number of guanidine groups is 1. The number of halogens is 1. The van der Waals surface area contributed by atoms with Crippen molar-refractivity contribution in [1.82, 2.24) is 25.4 Å². The first kappa shape index (κ1) is 24.2. The van der Waals surface area contributed by atoms with Crippen molar-refractivity contribution in [2.45, 2.75) is 53.6 Å². The molecule has 156 valence electrons. The molecule has 0 saturated carbocycles. The first-order chi connectivity index (χ1) is 13.0. The largest absolute Gasteiger partial charge is 0.494 e. The highest BCUT2D eigenvalue weighted by molar-refractivity contribution is 14.0. The molecule has 0 spiro atoms. The molecular weight excluding hydrogens is 467 g/mol. The fourth-order valence-corrected chi connectivity index (χ4v) is 2.57. The van der Waals surface area contributed by atoms with Gasteiger partial charge in [0.15, 0.2) is 11.8 Å². The lowest BCUT2D eigenvalue weighted by Crippen LogP contribution is -2.38. The van der Waals surface area contributed by atoms with Gasteiger partial charge in [0.1, 0.15) is 11.6 Å². The minimum Gasteiger partial charge on any atom is -0.494 e. The maximum absolute atomic E-state index is 5.76. The van der Waals surface area contributed by atoms with Crippen molar-refractivity contribution in [3.05, 3.63) is 41.0 Å². The smallest absolute Gasteiger partial charge is 0.191 e. The number of nitrogens with zero attached hydrogens (tertiary/aromatic N) is 4. The van der Waals surface area contributed by atoms with E-state index in [1.165, 1.54) is 5.56 Å². The summed E-state index contributed by atoms with van der Waals surface area (Å²) in [6.45, 7) is 10.8. The van der Waals surface area contributed by atoms with E-state index in [1.807, 2.05) is 25.5 Å². The van der Waals surface area contributed by atoms with Crippen LogP contribution in [0.1, 0.15) is 49.5 Å². The molecule has 2 aromatic rings. The predicted molar refractivity (Wildman–Crippen MR) is 124 cm³/mol. The van der Waals surface area contributed by atoms with Gasteiger partial charge in [-0.3, -0.25) is 0 Å². The number of ether oxygens (including phenoxy) is 1. The van der Waals surface area contributed by atoms with Gasteiger partial charge in [-0.15, -0.1) is 34.2 Å². The molecule has 1 heterocycles. The van der Waals surface area contributed by atoms with Crippen LogP contribution in [0.25, 0.3) is 0 Å². The number of aliphatic imine (C=N–C) groups is 1. The first-order valence-corrected chi connectivity index (χ1v) is 9.64. The lowest BCUT2D eigenvalue weighted by Gasteiger charge is -2.14. The average molecular weight is 500 g/mol. The zero-order chi connectivity index (χ0) is 19.6. The highest BCUT2D eigenvalue weighted by Gasteiger charge is 2.08. The molecule has 0 unspecified atom stereocenters. The Morgan fingerprint density at radius 1 is 1.18 bits per heavy atom. The van der Waals surface area contributed by atoms with Crippen LogP contribution in [0.5, 0.6) is 5.75 Å². The summed E-state index contributed by atoms with van der Waals surface area (Å²) in [5, 5.41) is 15.0. The van der Waals surface area contributed by atoms with Crippen LogP contribution >= 0.6 is 24.0 Å². The Bertz CT molecular complexity index is 759. The summed E-state index contributed by atoms with van der Waals surface area (Å²) in [5.74, 6) is 3.44. The summed E-state index contributed by atoms with van der Waals surface area (Å²) in [4.78, 5) is 4.75. The number of hydrogen-bond acceptors (Lipinski definition) is 4. The minimum absolute atomic E-state index is 0. The predicted octanol–water partition coefficient (Wildman–Crippen LogP) is 3.48. The molecule has 28 heavy (non-hydrogen) atoms. The van der Waals surface area contributed by atoms with Crippen LogP contribution in [0, 0.1) is 13.8 Å². The number of benzene rings is 1. The van der Waals surface area contributed by atoms with Gasteiger partial charge in [0.25, 0.3) is 0 Å². The number of hydrogen-bond donors (Lipinski definition) is 2. The summed E-state index contributed by atoms with van der Waals surface area (Å²) in [7, 11) is 1.97. The summed E-state index contributed by atoms with van der Waals surface area (Å²) in [6, 6.07) is 6.24. The molecule has 0 amide bonds. The van der Waals surface area contributed by atoms with E-state index in [2.05, 4.69) is 52.9 Å². The van der Waals surface area contributed by atoms with E-state index in [9.17, 15) is 0 Å². The number of aryl methyl sites for hydroxylation is 2. The van der Waals surface area contributed by atoms with E-state index in [0.717, 1.165) is 48.3 Å². The van der Waals surface area contributed by atoms with Gasteiger partial charge in [0, 0.05) is 19.2 Å². The lowest BCUT2D eigenvalue weighted by atomic mass is 10.1. The van der Waals surface area contributed by atoms with Gasteiger partial charge in [0.2, 0.25) is 0 Å². The first-order valence-electron chi connectivity index (χ1n) is 9.64. The second kappa shape index (κ2) is 12.6. The maximum Gasteiger partial charge on any atom is 0.191 e. The molecule has 0 atom stereocenters. The Morgan fingerprint density at radius 2 is 1.96 bits per heavy atom. The highest BCUT2D eigenvalue weighted by atomic mass is 127. The third-order valence-corrected chi connectivity index (χ3v) is 4.35. The van der Waals surface area contributed by atoms with Gasteiger partial charge in [-0.1, -0.05) is 25.5 Å². The molecule has 1 aromatic heterocycles. The molecule has 0 aliphatic rings. The van der Waals surface area contributed by atoms with E-state index < -0.39 is 0 Å². The fourth-order valence-electron chi connectivity index (χ4n) is 2.57. The van der Waals surface area contributed by atoms with Gasteiger partial charge in [0.05, 0.1) is 19.7 Å². The minimum atomic E-state index is 0. The molecule has 0 aliphatic heterocycles. The summed E-state index contributed by atoms with van der Waals surface area (Å²) >= 11 is 0. The van der Waals surface area contributed by atoms with Crippen LogP contribution in [-0.4, -0.2) is 33.9 Å². The zero-order valence-corrected chi connectivity index (χ0v) is 19.9. The van der Waals surface area contributed by atoms with Crippen molar-refractivity contribution in [2.75, 3.05) is 13.2 Å². The maximum atomic E-state index is 5.76. The second-order valence-corrected chi connectivity index (χ2v) is 6.57. The second-order valence-electron chi connectivity index (χ2n) is 6.57. The van der Waals surface area contributed by atoms with Crippen molar-refractivity contribution >= 4 is 29.9 Å². The Kier molecular flexibility index (Phi) is 10.9. The van der Waals surface area contributed by atoms with Crippen LogP contribution in [0.4, 0.5) is 0 Å². The number of rotatable bonds is 9. The molecule has 0 saturated heterocycles. The fraction of sp³-hybridized carbons (Fsp3) is 0.550. The number of nitrogens with one attached hydrogen (secondary N) is 2. The van der Waals surface area contributed by atoms with Crippen LogP contribution in [0.15, 0.2) is 23.2 Å². The third-order valence-electron chi connectivity index (χ3n) is 4.35. The monoisotopic (exact) mass is 500 g/mol. The SMILES string of the molecule is CCCCNC(=NCc1ccc(C)cc1OCC)NCc1nnc(C)n1C.I. The number of aromatic nitrogens is 3. The van der Waals surface area contributed by atoms with Gasteiger partial charge in [-0.2, -0.15) is 0 Å². The van der Waals surface area contributed by atoms with Gasteiger partial charge in [-0.05, 0) is 38.8 Å². The molecule has 0 aliphatic carbocycles. The summed E-state index contributed by atoms with van der Waals surface area (Å²) in [6.07, 6.45) is 2.23. The highest BCUT2D eigenvalue weighted by Crippen LogP contribution is 2.21. The van der Waals surface area contributed by atoms with Crippen LogP contribution in [0.3, 0.4) is 0 Å². The van der Waals surface area contributed by atoms with Gasteiger partial charge >= 0.3 is 0 Å². The molecule has 0 radical (unpaired) electrons. The summed E-state index contributed by atoms with van der Waals surface area (Å²) in [5.41, 5.74) is 2.26. The van der Waals surface area contributed by atoms with E-state index in [4.69, 9.17) is 9.73 Å². The lowest BCUT2D eigenvalue weighted by molar-refractivity contribution is 0.336. The molecule has 1 aromatic carbocycles. The van der Waals surface area contributed by atoms with E-state index in [1.54, 1.807) is 0 Å². The topological polar surface area (TPSA) is 76.4 Å². The van der Waals surface area contributed by atoms with Gasteiger partial charge < -0.3 is 19.9 Å². The third kappa shape index (κ3) is 7.29. The van der Waals surface area contributed by atoms with Crippen molar-refractivity contribution in [2.24, 2.45) is 12.0 Å². The van der Waals surface area contributed by atoms with E-state index in [0.29, 0.717) is 19.7 Å². The Morgan fingerprint density at radius 3 is 2.61 bits per heavy atom. The van der Waals surface area contributed by atoms with Crippen molar-refractivity contribution in [1.29, 1.82) is 0 Å². The van der Waals surface area contributed by atoms with Crippen molar-refractivity contribution < 1.29 is 4.74 Å². The Balaban J connectivity index is 0.00000392. The van der Waals surface area contributed by atoms with Crippen molar-refractivity contribution in [3.63, 3.8) is 0 Å². The van der Waals surface area contributed by atoms with E-state index >= 15 is 0 Å². The Labute approximate surface area is 185 Å². The van der Waals surface area contributed by atoms with E-state index in [-0.39, 0.29) is 24.0 Å². The Hall–Kier alpha value is -1.84. The molecule has 2 N–H and O–H groups in total. The van der Waals surface area contributed by atoms with Crippen LogP contribution < -0.4 is 15.4 Å². The zero-order valence-electron chi connectivity index (χ0n) is 17.6. The number of unbranched alkanes of at least 4 members (excludes halogenated alkanes) is 1. The quantitative estimate of drug-likeness (QED) is 0.239. The normalized spacial score (nSPS) is 11.1. The van der Waals surface area contributed by atoms with Crippen molar-refractivity contribution in [3.8, 4) is 5.75 Å². The molecule has 8 heteroatoms. The molecule has 7 nitrogen and oxygen atoms in total. The molecule has 2 rings (SSSR count). The molecule has 0 bridgehead atoms. The standard InChI is InChI=1S/C20H32N6O.HI/c1-6-8-11-21-20(23-14-19-25-24-16(4)26(19)5)22-13-17-10-9-15(3)12-18(17)27-7-2;/h9-10,12H,6-8,11,13-14H2,1-5H3,(H2,21,22,23);1H. The summed E-state index contributed by atoms with van der Waals surface area (Å²) < 4.78 is 7.74. The molecular formula is C20H33IN6O. The van der Waals surface area contributed by atoms with Gasteiger partial charge in [-0.25, -0.2) is 4.99 Å².